The van der Waals surface area contributed by atoms with Gasteiger partial charge in [-0.3, -0.25) is 9.59 Å². The van der Waals surface area contributed by atoms with Gasteiger partial charge < -0.3 is 31.3 Å². The van der Waals surface area contributed by atoms with Crippen molar-refractivity contribution in [3.8, 4) is 0 Å². The molecule has 2 fully saturated rings. The first-order valence-electron chi connectivity index (χ1n) is 19.2. The Bertz CT molecular complexity index is 1730. The number of carbonyl (C=O) groups excluding carboxylic acids is 1. The fraction of sp³-hybridized carbons (Fsp3) is 0.632. The molecule has 0 spiro atoms. The summed E-state index contributed by atoms with van der Waals surface area (Å²) in [5.41, 5.74) is 8.21. The van der Waals surface area contributed by atoms with E-state index >= 15 is 0 Å². The summed E-state index contributed by atoms with van der Waals surface area (Å²) < 4.78 is 0. The van der Waals surface area contributed by atoms with Crippen LogP contribution in [0.4, 0.5) is 11.6 Å². The lowest BCUT2D eigenvalue weighted by Crippen LogP contribution is -2.39. The van der Waals surface area contributed by atoms with Gasteiger partial charge in [0.05, 0.1) is 17.2 Å². The normalized spacial score (nSPS) is 22.7. The maximum absolute atomic E-state index is 11.0. The molecule has 4 aliphatic carbocycles. The zero-order valence-corrected chi connectivity index (χ0v) is 32.2. The number of carbonyl (C=O) groups is 2. The number of fused-ring (bicyclic) bond motifs is 6. The maximum atomic E-state index is 11.0. The Labute approximate surface area is 314 Å². The molecule has 5 N–H and O–H groups in total. The highest BCUT2D eigenvalue weighted by atomic mass is 32.1. The number of carboxylic acid groups (broad SMARTS) is 1. The van der Waals surface area contributed by atoms with Crippen LogP contribution in [0.1, 0.15) is 97.9 Å². The number of aliphatic carboxylic acids is 1. The highest BCUT2D eigenvalue weighted by Gasteiger charge is 2.28. The summed E-state index contributed by atoms with van der Waals surface area (Å²) in [4.78, 5) is 49.6. The van der Waals surface area contributed by atoms with Crippen molar-refractivity contribution in [2.75, 3.05) is 37.8 Å². The topological polar surface area (TPSA) is 162 Å². The van der Waals surface area contributed by atoms with Crippen LogP contribution in [0.15, 0.2) is 12.7 Å². The van der Waals surface area contributed by atoms with Gasteiger partial charge in [-0.2, -0.15) is 0 Å². The van der Waals surface area contributed by atoms with Gasteiger partial charge in [0.2, 0.25) is 5.91 Å². The van der Waals surface area contributed by atoms with Gasteiger partial charge in [-0.1, -0.05) is 0 Å². The van der Waals surface area contributed by atoms with Crippen LogP contribution in [0, 0.1) is 0 Å². The van der Waals surface area contributed by atoms with E-state index in [1.165, 1.54) is 57.3 Å². The number of aromatic nitrogens is 4. The summed E-state index contributed by atoms with van der Waals surface area (Å²) in [6.45, 7) is 1.39. The molecule has 4 aromatic heterocycles. The van der Waals surface area contributed by atoms with Crippen molar-refractivity contribution in [3.63, 3.8) is 0 Å². The van der Waals surface area contributed by atoms with Gasteiger partial charge in [0.1, 0.15) is 34.0 Å². The minimum absolute atomic E-state index is 0.219. The van der Waals surface area contributed by atoms with Gasteiger partial charge in [0.25, 0.3) is 0 Å². The Kier molecular flexibility index (Phi) is 11.8. The van der Waals surface area contributed by atoms with Crippen molar-refractivity contribution < 1.29 is 14.7 Å². The van der Waals surface area contributed by atoms with Crippen LogP contribution in [0.2, 0.25) is 0 Å². The SMILES string of the molecule is CN(CCC(=O)O)C1CCC(Nc2ncnc3sc4c(c23)CCC4)CC1.CN(CCC(N)=O)C1CCC(Nc2ncnc3sc4c(c23)CCC4)CC1. The number of carboxylic acids is 1. The fourth-order valence-electron chi connectivity index (χ4n) is 8.71. The van der Waals surface area contributed by atoms with E-state index in [0.717, 1.165) is 92.0 Å². The molecule has 12 nitrogen and oxygen atoms in total. The molecule has 0 bridgehead atoms. The van der Waals surface area contributed by atoms with Crippen LogP contribution in [0.25, 0.3) is 20.4 Å². The molecule has 52 heavy (non-hydrogen) atoms. The number of nitrogens with one attached hydrogen (secondary N) is 2. The summed E-state index contributed by atoms with van der Waals surface area (Å²) in [6.07, 6.45) is 20.2. The van der Waals surface area contributed by atoms with Crippen molar-refractivity contribution >= 4 is 66.6 Å². The first-order valence-corrected chi connectivity index (χ1v) is 20.8. The summed E-state index contributed by atoms with van der Waals surface area (Å²) >= 11 is 3.67. The predicted octanol–water partition coefficient (Wildman–Crippen LogP) is 6.02. The van der Waals surface area contributed by atoms with Gasteiger partial charge in [0, 0.05) is 53.4 Å². The smallest absolute Gasteiger partial charge is 0.304 e. The van der Waals surface area contributed by atoms with Crippen molar-refractivity contribution in [1.82, 2.24) is 29.7 Å². The molecule has 0 atom stereocenters. The van der Waals surface area contributed by atoms with Crippen LogP contribution in [-0.4, -0.2) is 98.1 Å². The monoisotopic (exact) mass is 747 g/mol. The van der Waals surface area contributed by atoms with E-state index < -0.39 is 5.97 Å². The number of hydrogen-bond donors (Lipinski definition) is 4. The van der Waals surface area contributed by atoms with Crippen molar-refractivity contribution in [1.29, 1.82) is 0 Å². The number of amides is 1. The Hall–Kier alpha value is -3.46. The molecule has 0 aromatic carbocycles. The summed E-state index contributed by atoms with van der Waals surface area (Å²) in [5, 5.41) is 18.8. The number of hydrogen-bond acceptors (Lipinski definition) is 12. The average Bonchev–Trinajstić information content (AvgIpc) is 3.93. The lowest BCUT2D eigenvalue weighted by Gasteiger charge is -2.35. The van der Waals surface area contributed by atoms with Gasteiger partial charge in [-0.05, 0) is 115 Å². The maximum Gasteiger partial charge on any atom is 0.304 e. The van der Waals surface area contributed by atoms with E-state index in [1.54, 1.807) is 12.7 Å². The van der Waals surface area contributed by atoms with E-state index in [2.05, 4.69) is 47.4 Å². The molecule has 8 rings (SSSR count). The Morgan fingerprint density at radius 3 is 1.58 bits per heavy atom. The number of thiophene rings is 2. The zero-order valence-electron chi connectivity index (χ0n) is 30.5. The van der Waals surface area contributed by atoms with E-state index in [1.807, 2.05) is 29.7 Å². The summed E-state index contributed by atoms with van der Waals surface area (Å²) in [6, 6.07) is 1.94. The third-order valence-electron chi connectivity index (χ3n) is 11.7. The van der Waals surface area contributed by atoms with Gasteiger partial charge >= 0.3 is 5.97 Å². The molecule has 0 unspecified atom stereocenters. The lowest BCUT2D eigenvalue weighted by molar-refractivity contribution is -0.137. The predicted molar refractivity (Wildman–Crippen MR) is 210 cm³/mol. The number of nitrogens with zero attached hydrogens (tertiary/aromatic N) is 6. The Morgan fingerprint density at radius 2 is 1.15 bits per heavy atom. The van der Waals surface area contributed by atoms with E-state index in [0.29, 0.717) is 37.1 Å². The van der Waals surface area contributed by atoms with Crippen LogP contribution in [0.5, 0.6) is 0 Å². The number of aryl methyl sites for hydroxylation is 4. The third-order valence-corrected chi connectivity index (χ3v) is 14.1. The zero-order chi connectivity index (χ0) is 36.2. The van der Waals surface area contributed by atoms with Crippen molar-refractivity contribution in [2.45, 2.75) is 127 Å². The molecule has 14 heteroatoms. The minimum Gasteiger partial charge on any atom is -0.481 e. The highest BCUT2D eigenvalue weighted by molar-refractivity contribution is 7.19. The molecular weight excluding hydrogens is 695 g/mol. The summed E-state index contributed by atoms with van der Waals surface area (Å²) in [5.74, 6) is 1.10. The van der Waals surface area contributed by atoms with Gasteiger partial charge in [-0.25, -0.2) is 19.9 Å². The molecule has 2 saturated carbocycles. The average molecular weight is 748 g/mol. The lowest BCUT2D eigenvalue weighted by atomic mass is 9.90. The molecule has 0 aliphatic heterocycles. The minimum atomic E-state index is -0.719. The Morgan fingerprint density at radius 1 is 0.712 bits per heavy atom. The molecule has 4 aliphatic rings. The molecule has 0 saturated heterocycles. The van der Waals surface area contributed by atoms with Gasteiger partial charge in [-0.15, -0.1) is 22.7 Å². The van der Waals surface area contributed by atoms with Crippen molar-refractivity contribution in [3.05, 3.63) is 33.5 Å². The second-order valence-corrected chi connectivity index (χ2v) is 17.3. The standard InChI is InChI=1S/C19H27N5OS.C19H26N4O2S/c1-24(10-9-16(20)25)13-7-5-12(6-8-13)23-18-17-14-3-2-4-15(14)26-19(17)22-11-21-18;1-23(10-9-16(24)25)13-7-5-12(6-8-13)22-18-17-14-3-2-4-15(14)26-19(17)21-11-20-18/h11-13H,2-10H2,1H3,(H2,20,25)(H,21,22,23);11-13H,2-10H2,1H3,(H,24,25)(H,20,21,22). The molecule has 280 valence electrons. The first-order chi connectivity index (χ1) is 25.2. The van der Waals surface area contributed by atoms with Crippen LogP contribution in [0.3, 0.4) is 0 Å². The fourth-order valence-corrected chi connectivity index (χ4v) is 11.2. The summed E-state index contributed by atoms with van der Waals surface area (Å²) in [7, 11) is 4.15. The van der Waals surface area contributed by atoms with Crippen molar-refractivity contribution in [2.24, 2.45) is 5.73 Å². The molecule has 1 amide bonds. The number of rotatable bonds is 12. The number of nitrogens with two attached hydrogens (primary N) is 1. The first kappa shape index (κ1) is 36.9. The second-order valence-electron chi connectivity index (χ2n) is 15.1. The van der Waals surface area contributed by atoms with Crippen LogP contribution in [-0.2, 0) is 35.3 Å². The van der Waals surface area contributed by atoms with Crippen LogP contribution >= 0.6 is 22.7 Å². The molecule has 0 radical (unpaired) electrons. The third kappa shape index (κ3) is 8.50. The van der Waals surface area contributed by atoms with E-state index in [4.69, 9.17) is 10.8 Å². The molecule has 4 heterocycles. The second kappa shape index (κ2) is 16.7. The van der Waals surface area contributed by atoms with Crippen LogP contribution < -0.4 is 16.4 Å². The quantitative estimate of drug-likeness (QED) is 0.134. The molecular formula is C38H53N9O3S2. The number of primary amides is 1. The van der Waals surface area contributed by atoms with E-state index in [-0.39, 0.29) is 12.3 Å². The molecule has 4 aromatic rings. The largest absolute Gasteiger partial charge is 0.481 e. The van der Waals surface area contributed by atoms with Gasteiger partial charge in [0.15, 0.2) is 0 Å². The highest BCUT2D eigenvalue weighted by Crippen LogP contribution is 2.41. The van der Waals surface area contributed by atoms with E-state index in [9.17, 15) is 9.59 Å². The Balaban J connectivity index is 0.000000162. The number of anilines is 2.